The molecule has 0 aliphatic carbocycles. The molecule has 0 fully saturated rings. The van der Waals surface area contributed by atoms with E-state index in [0.29, 0.717) is 5.89 Å². The van der Waals surface area contributed by atoms with Crippen LogP contribution in [0.1, 0.15) is 26.3 Å². The molecule has 8 rings (SSSR count). The van der Waals surface area contributed by atoms with E-state index >= 15 is 0 Å². The van der Waals surface area contributed by atoms with Gasteiger partial charge in [0, 0.05) is 39.1 Å². The molecule has 0 unspecified atom stereocenters. The van der Waals surface area contributed by atoms with Gasteiger partial charge in [0.15, 0.2) is 5.58 Å². The quantitative estimate of drug-likeness (QED) is 0.202. The Hall–Kier alpha value is -5.61. The molecule has 4 heteroatoms. The van der Waals surface area contributed by atoms with Crippen LogP contribution in [0.15, 0.2) is 150 Å². The normalized spacial score (nSPS) is 11.9. The smallest absolute Gasteiger partial charge is 0.227 e. The van der Waals surface area contributed by atoms with Crippen LogP contribution in [0, 0.1) is 0 Å². The first-order chi connectivity index (χ1) is 21.9. The fourth-order valence-corrected chi connectivity index (χ4v) is 6.26. The highest BCUT2D eigenvalue weighted by Gasteiger charge is 2.19. The topological polar surface area (TPSA) is 34.2 Å². The van der Waals surface area contributed by atoms with Gasteiger partial charge in [0.05, 0.1) is 11.0 Å². The molecule has 0 bridgehead atoms. The Balaban J connectivity index is 1.25. The second-order valence-corrected chi connectivity index (χ2v) is 12.6. The van der Waals surface area contributed by atoms with Crippen LogP contribution in [0.25, 0.3) is 50.0 Å². The molecule has 0 aliphatic heterocycles. The van der Waals surface area contributed by atoms with Gasteiger partial charge in [-0.05, 0) is 95.9 Å². The Bertz CT molecular complexity index is 2250. The van der Waals surface area contributed by atoms with Gasteiger partial charge in [0.1, 0.15) is 5.52 Å². The Morgan fingerprint density at radius 1 is 0.578 bits per heavy atom. The molecule has 0 atom stereocenters. The largest absolute Gasteiger partial charge is 0.436 e. The van der Waals surface area contributed by atoms with Gasteiger partial charge in [0.25, 0.3) is 0 Å². The zero-order chi connectivity index (χ0) is 30.5. The van der Waals surface area contributed by atoms with Gasteiger partial charge < -0.3 is 13.9 Å². The molecule has 0 spiro atoms. The lowest BCUT2D eigenvalue weighted by Crippen LogP contribution is -2.10. The number of aromatic nitrogens is 2. The van der Waals surface area contributed by atoms with Crippen molar-refractivity contribution in [2.75, 3.05) is 4.90 Å². The predicted molar refractivity (Wildman–Crippen MR) is 187 cm³/mol. The van der Waals surface area contributed by atoms with E-state index in [2.05, 4.69) is 152 Å². The third-order valence-electron chi connectivity index (χ3n) is 8.59. The van der Waals surface area contributed by atoms with Crippen molar-refractivity contribution in [3.05, 3.63) is 151 Å². The lowest BCUT2D eigenvalue weighted by Gasteiger charge is -2.25. The number of nitrogens with zero attached hydrogens (tertiary/aromatic N) is 3. The highest BCUT2D eigenvalue weighted by Crippen LogP contribution is 2.40. The molecule has 0 saturated carbocycles. The van der Waals surface area contributed by atoms with Crippen LogP contribution >= 0.6 is 0 Å². The van der Waals surface area contributed by atoms with Crippen molar-refractivity contribution in [2.24, 2.45) is 0 Å². The summed E-state index contributed by atoms with van der Waals surface area (Å²) in [6, 6.07) is 51.3. The highest BCUT2D eigenvalue weighted by atomic mass is 16.3. The van der Waals surface area contributed by atoms with Crippen molar-refractivity contribution in [3.63, 3.8) is 0 Å². The number of fused-ring (bicyclic) bond motifs is 4. The predicted octanol–water partition coefficient (Wildman–Crippen LogP) is 11.4. The average molecular weight is 584 g/mol. The number of hydrogen-bond donors (Lipinski definition) is 0. The van der Waals surface area contributed by atoms with E-state index in [9.17, 15) is 0 Å². The van der Waals surface area contributed by atoms with Gasteiger partial charge in [-0.15, -0.1) is 0 Å². The van der Waals surface area contributed by atoms with Crippen LogP contribution in [0.3, 0.4) is 0 Å². The monoisotopic (exact) mass is 583 g/mol. The van der Waals surface area contributed by atoms with Crippen molar-refractivity contribution in [1.29, 1.82) is 0 Å². The van der Waals surface area contributed by atoms with Gasteiger partial charge in [-0.1, -0.05) is 81.4 Å². The summed E-state index contributed by atoms with van der Waals surface area (Å²) in [6.07, 6.45) is 0. The average Bonchev–Trinajstić information content (AvgIpc) is 3.65. The summed E-state index contributed by atoms with van der Waals surface area (Å²) in [5.74, 6) is 0.624. The Morgan fingerprint density at radius 3 is 1.98 bits per heavy atom. The maximum Gasteiger partial charge on any atom is 0.227 e. The van der Waals surface area contributed by atoms with E-state index in [0.717, 1.165) is 39.4 Å². The second kappa shape index (κ2) is 10.5. The summed E-state index contributed by atoms with van der Waals surface area (Å²) in [7, 11) is 0. The Morgan fingerprint density at radius 2 is 1.22 bits per heavy atom. The molecule has 8 aromatic rings. The summed E-state index contributed by atoms with van der Waals surface area (Å²) >= 11 is 0. The standard InChI is InChI=1S/C41H33N3O/c1-41(2,3)29-19-23-32(24-20-29)44-37-15-9-7-13-34(37)35-27-33(25-26-38(35)44)43(30-11-5-4-6-12-30)31-21-17-28(18-22-31)40-42-36-14-8-10-16-39(36)45-40/h4-27H,1-3H3. The zero-order valence-corrected chi connectivity index (χ0v) is 25.6. The maximum absolute atomic E-state index is 6.05. The summed E-state index contributed by atoms with van der Waals surface area (Å²) in [6.45, 7) is 6.77. The minimum Gasteiger partial charge on any atom is -0.436 e. The first kappa shape index (κ1) is 27.0. The van der Waals surface area contributed by atoms with Gasteiger partial charge in [-0.25, -0.2) is 4.98 Å². The van der Waals surface area contributed by atoms with Crippen molar-refractivity contribution < 1.29 is 4.42 Å². The number of benzene rings is 6. The first-order valence-electron chi connectivity index (χ1n) is 15.4. The summed E-state index contributed by atoms with van der Waals surface area (Å²) < 4.78 is 8.43. The number of anilines is 3. The van der Waals surface area contributed by atoms with E-state index in [4.69, 9.17) is 9.40 Å². The number of para-hydroxylation sites is 4. The minimum atomic E-state index is 0.107. The number of hydrogen-bond acceptors (Lipinski definition) is 3. The molecule has 218 valence electrons. The van der Waals surface area contributed by atoms with Gasteiger partial charge in [0.2, 0.25) is 5.89 Å². The second-order valence-electron chi connectivity index (χ2n) is 12.6. The molecular formula is C41H33N3O. The lowest BCUT2D eigenvalue weighted by atomic mass is 9.87. The SMILES string of the molecule is CC(C)(C)c1ccc(-n2c3ccccc3c3cc(N(c4ccccc4)c4ccc(-c5nc6ccccc6o5)cc4)ccc32)cc1. The van der Waals surface area contributed by atoms with Crippen molar-refractivity contribution in [1.82, 2.24) is 9.55 Å². The molecular weight excluding hydrogens is 550 g/mol. The molecule has 0 radical (unpaired) electrons. The summed E-state index contributed by atoms with van der Waals surface area (Å²) in [4.78, 5) is 7.00. The highest BCUT2D eigenvalue weighted by molar-refractivity contribution is 6.10. The van der Waals surface area contributed by atoms with Crippen LogP contribution in [-0.2, 0) is 5.41 Å². The maximum atomic E-state index is 6.05. The molecule has 45 heavy (non-hydrogen) atoms. The van der Waals surface area contributed by atoms with E-state index < -0.39 is 0 Å². The van der Waals surface area contributed by atoms with Crippen molar-refractivity contribution in [2.45, 2.75) is 26.2 Å². The molecule has 2 aromatic heterocycles. The molecule has 4 nitrogen and oxygen atoms in total. The third kappa shape index (κ3) is 4.76. The fraction of sp³-hybridized carbons (Fsp3) is 0.0976. The summed E-state index contributed by atoms with van der Waals surface area (Å²) in [5.41, 5.74) is 10.8. The summed E-state index contributed by atoms with van der Waals surface area (Å²) in [5, 5.41) is 2.44. The molecule has 0 saturated heterocycles. The number of oxazole rings is 1. The van der Waals surface area contributed by atoms with E-state index in [1.165, 1.54) is 27.4 Å². The van der Waals surface area contributed by atoms with E-state index in [-0.39, 0.29) is 5.41 Å². The van der Waals surface area contributed by atoms with Crippen molar-refractivity contribution in [3.8, 4) is 17.1 Å². The molecule has 0 N–H and O–H groups in total. The lowest BCUT2D eigenvalue weighted by molar-refractivity contribution is 0.590. The molecule has 2 heterocycles. The fourth-order valence-electron chi connectivity index (χ4n) is 6.26. The van der Waals surface area contributed by atoms with Crippen molar-refractivity contribution >= 4 is 50.0 Å². The van der Waals surface area contributed by atoms with Crippen LogP contribution in [0.5, 0.6) is 0 Å². The third-order valence-corrected chi connectivity index (χ3v) is 8.59. The molecule has 6 aromatic carbocycles. The van der Waals surface area contributed by atoms with Gasteiger partial charge in [-0.3, -0.25) is 0 Å². The van der Waals surface area contributed by atoms with Gasteiger partial charge >= 0.3 is 0 Å². The van der Waals surface area contributed by atoms with E-state index in [1.807, 2.05) is 24.3 Å². The molecule has 0 aliphatic rings. The Labute approximate surface area is 262 Å². The van der Waals surface area contributed by atoms with Crippen LogP contribution < -0.4 is 4.90 Å². The number of rotatable bonds is 5. The van der Waals surface area contributed by atoms with Crippen LogP contribution in [0.4, 0.5) is 17.1 Å². The van der Waals surface area contributed by atoms with Crippen LogP contribution in [-0.4, -0.2) is 9.55 Å². The van der Waals surface area contributed by atoms with Crippen LogP contribution in [0.2, 0.25) is 0 Å². The zero-order valence-electron chi connectivity index (χ0n) is 25.6. The van der Waals surface area contributed by atoms with E-state index in [1.54, 1.807) is 0 Å². The Kier molecular flexibility index (Phi) is 6.31. The van der Waals surface area contributed by atoms with Gasteiger partial charge in [-0.2, -0.15) is 0 Å². The molecule has 0 amide bonds. The first-order valence-corrected chi connectivity index (χ1v) is 15.4. The minimum absolute atomic E-state index is 0.107.